The number of aryl methyl sites for hydroxylation is 3. The van der Waals surface area contributed by atoms with Crippen LogP contribution in [0.3, 0.4) is 0 Å². The summed E-state index contributed by atoms with van der Waals surface area (Å²) < 4.78 is 14.6. The summed E-state index contributed by atoms with van der Waals surface area (Å²) in [4.78, 5) is 18.4. The first kappa shape index (κ1) is 16.0. The van der Waals surface area contributed by atoms with Gasteiger partial charge in [-0.25, -0.2) is 9.37 Å². The number of amides is 1. The fourth-order valence-corrected chi connectivity index (χ4v) is 4.05. The molecule has 1 amide bonds. The van der Waals surface area contributed by atoms with Gasteiger partial charge in [-0.2, -0.15) is 5.10 Å². The molecule has 7 heteroatoms. The molecule has 128 valence electrons. The molecule has 1 aliphatic rings. The van der Waals surface area contributed by atoms with E-state index in [2.05, 4.69) is 15.4 Å². The third-order valence-corrected chi connectivity index (χ3v) is 5.39. The van der Waals surface area contributed by atoms with E-state index in [0.717, 1.165) is 30.5 Å². The Morgan fingerprint density at radius 2 is 2.00 bits per heavy atom. The number of carbonyl (C=O) groups excluding carboxylic acids is 1. The normalized spacial score (nSPS) is 13.5. The van der Waals surface area contributed by atoms with Crippen LogP contribution < -0.4 is 5.32 Å². The Morgan fingerprint density at radius 3 is 2.76 bits per heavy atom. The number of thiazole rings is 1. The van der Waals surface area contributed by atoms with Crippen molar-refractivity contribution in [2.24, 2.45) is 7.05 Å². The lowest BCUT2D eigenvalue weighted by molar-refractivity contribution is 0.101. The lowest BCUT2D eigenvalue weighted by Gasteiger charge is -2.06. The largest absolute Gasteiger partial charge is 0.296 e. The van der Waals surface area contributed by atoms with E-state index in [9.17, 15) is 9.18 Å². The number of hydrogen-bond donors (Lipinski definition) is 1. The lowest BCUT2D eigenvalue weighted by atomic mass is 10.0. The molecule has 1 aliphatic carbocycles. The van der Waals surface area contributed by atoms with E-state index < -0.39 is 0 Å². The van der Waals surface area contributed by atoms with Crippen LogP contribution in [0, 0.1) is 5.82 Å². The smallest absolute Gasteiger partial charge is 0.275 e. The number of halogens is 1. The molecule has 2 heterocycles. The van der Waals surface area contributed by atoms with Gasteiger partial charge in [0.25, 0.3) is 5.91 Å². The molecule has 1 aromatic carbocycles. The Kier molecular flexibility index (Phi) is 4.09. The van der Waals surface area contributed by atoms with E-state index in [1.807, 2.05) is 0 Å². The van der Waals surface area contributed by atoms with Crippen LogP contribution in [0.2, 0.25) is 0 Å². The zero-order valence-electron chi connectivity index (χ0n) is 13.8. The average Bonchev–Trinajstić information content (AvgIpc) is 3.18. The van der Waals surface area contributed by atoms with Gasteiger partial charge in [-0.1, -0.05) is 0 Å². The molecule has 0 spiro atoms. The predicted molar refractivity (Wildman–Crippen MR) is 95.3 cm³/mol. The van der Waals surface area contributed by atoms with Crippen LogP contribution in [0.5, 0.6) is 0 Å². The summed E-state index contributed by atoms with van der Waals surface area (Å²) in [6, 6.07) is 7.76. The fraction of sp³-hybridized carbons (Fsp3) is 0.278. The minimum Gasteiger partial charge on any atom is -0.296 e. The zero-order valence-corrected chi connectivity index (χ0v) is 14.6. The van der Waals surface area contributed by atoms with Crippen LogP contribution in [0.1, 0.15) is 33.9 Å². The molecule has 0 unspecified atom stereocenters. The van der Waals surface area contributed by atoms with Gasteiger partial charge in [0.1, 0.15) is 11.5 Å². The molecule has 2 aromatic heterocycles. The number of nitrogens with zero attached hydrogens (tertiary/aromatic N) is 3. The number of rotatable bonds is 3. The monoisotopic (exact) mass is 356 g/mol. The van der Waals surface area contributed by atoms with E-state index in [4.69, 9.17) is 0 Å². The molecule has 0 radical (unpaired) electrons. The molecule has 1 N–H and O–H groups in total. The number of nitrogens with one attached hydrogen (secondary N) is 1. The van der Waals surface area contributed by atoms with Crippen molar-refractivity contribution in [3.05, 3.63) is 52.4 Å². The summed E-state index contributed by atoms with van der Waals surface area (Å²) >= 11 is 1.55. The summed E-state index contributed by atoms with van der Waals surface area (Å²) in [5.41, 5.74) is 2.95. The first-order valence-corrected chi connectivity index (χ1v) is 9.02. The molecule has 0 bridgehead atoms. The second-order valence-corrected chi connectivity index (χ2v) is 7.18. The van der Waals surface area contributed by atoms with E-state index in [1.165, 1.54) is 28.1 Å². The minimum atomic E-state index is -0.301. The standard InChI is InChI=1S/C18H17FN4OS/c1-23-15(10-14(22-23)11-6-8-12(19)9-7-11)17(24)21-18-20-13-4-2-3-5-16(13)25-18/h6-10H,2-5H2,1H3,(H,20,21,24). The highest BCUT2D eigenvalue weighted by Crippen LogP contribution is 2.30. The highest BCUT2D eigenvalue weighted by molar-refractivity contribution is 7.15. The summed E-state index contributed by atoms with van der Waals surface area (Å²) in [6.45, 7) is 0. The summed E-state index contributed by atoms with van der Waals surface area (Å²) in [5.74, 6) is -0.542. The topological polar surface area (TPSA) is 59.8 Å². The predicted octanol–water partition coefficient (Wildman–Crippen LogP) is 3.81. The molecule has 25 heavy (non-hydrogen) atoms. The maximum atomic E-state index is 13.1. The van der Waals surface area contributed by atoms with Crippen molar-refractivity contribution in [1.82, 2.24) is 14.8 Å². The zero-order chi connectivity index (χ0) is 17.4. The van der Waals surface area contributed by atoms with Crippen molar-refractivity contribution in [3.8, 4) is 11.3 Å². The van der Waals surface area contributed by atoms with Crippen molar-refractivity contribution in [3.63, 3.8) is 0 Å². The van der Waals surface area contributed by atoms with Gasteiger partial charge >= 0.3 is 0 Å². The SMILES string of the molecule is Cn1nc(-c2ccc(F)cc2)cc1C(=O)Nc1nc2c(s1)CCCC2. The van der Waals surface area contributed by atoms with E-state index in [-0.39, 0.29) is 11.7 Å². The number of anilines is 1. The van der Waals surface area contributed by atoms with Gasteiger partial charge in [0.05, 0.1) is 11.4 Å². The van der Waals surface area contributed by atoms with Crippen LogP contribution in [-0.2, 0) is 19.9 Å². The number of carbonyl (C=O) groups is 1. The van der Waals surface area contributed by atoms with E-state index in [1.54, 1.807) is 36.6 Å². The molecule has 0 fully saturated rings. The van der Waals surface area contributed by atoms with Crippen LogP contribution >= 0.6 is 11.3 Å². The van der Waals surface area contributed by atoms with E-state index in [0.29, 0.717) is 16.5 Å². The molecular formula is C18H17FN4OS. The van der Waals surface area contributed by atoms with Crippen LogP contribution in [0.25, 0.3) is 11.3 Å². The third-order valence-electron chi connectivity index (χ3n) is 4.32. The number of fused-ring (bicyclic) bond motifs is 1. The average molecular weight is 356 g/mol. The van der Waals surface area contributed by atoms with Crippen LogP contribution in [0.4, 0.5) is 9.52 Å². The van der Waals surface area contributed by atoms with Gasteiger partial charge < -0.3 is 0 Å². The van der Waals surface area contributed by atoms with Gasteiger partial charge in [-0.05, 0) is 56.0 Å². The highest BCUT2D eigenvalue weighted by Gasteiger charge is 2.19. The maximum absolute atomic E-state index is 13.1. The second-order valence-electron chi connectivity index (χ2n) is 6.10. The van der Waals surface area contributed by atoms with Gasteiger partial charge in [-0.3, -0.25) is 14.8 Å². The van der Waals surface area contributed by atoms with Crippen molar-refractivity contribution < 1.29 is 9.18 Å². The molecule has 4 rings (SSSR count). The quantitative estimate of drug-likeness (QED) is 0.776. The minimum absolute atomic E-state index is 0.241. The summed E-state index contributed by atoms with van der Waals surface area (Å²) in [6.07, 6.45) is 4.38. The maximum Gasteiger partial charge on any atom is 0.275 e. The van der Waals surface area contributed by atoms with Gasteiger partial charge in [-0.15, -0.1) is 11.3 Å². The molecule has 3 aromatic rings. The molecule has 0 aliphatic heterocycles. The summed E-state index contributed by atoms with van der Waals surface area (Å²) in [5, 5.41) is 7.87. The number of aromatic nitrogens is 3. The van der Waals surface area contributed by atoms with Crippen molar-refractivity contribution in [2.75, 3.05) is 5.32 Å². The molecule has 0 atom stereocenters. The van der Waals surface area contributed by atoms with Crippen LogP contribution in [0.15, 0.2) is 30.3 Å². The van der Waals surface area contributed by atoms with Gasteiger partial charge in [0.15, 0.2) is 5.13 Å². The van der Waals surface area contributed by atoms with Crippen LogP contribution in [-0.4, -0.2) is 20.7 Å². The Labute approximate surface area is 148 Å². The number of hydrogen-bond acceptors (Lipinski definition) is 4. The van der Waals surface area contributed by atoms with Crippen molar-refractivity contribution >= 4 is 22.4 Å². The van der Waals surface area contributed by atoms with Crippen molar-refractivity contribution in [2.45, 2.75) is 25.7 Å². The van der Waals surface area contributed by atoms with Gasteiger partial charge in [0.2, 0.25) is 0 Å². The molecule has 0 saturated heterocycles. The third kappa shape index (κ3) is 3.19. The fourth-order valence-electron chi connectivity index (χ4n) is 3.01. The second kappa shape index (κ2) is 6.40. The summed E-state index contributed by atoms with van der Waals surface area (Å²) in [7, 11) is 1.72. The lowest BCUT2D eigenvalue weighted by Crippen LogP contribution is -2.15. The first-order valence-electron chi connectivity index (χ1n) is 8.20. The van der Waals surface area contributed by atoms with E-state index >= 15 is 0 Å². The van der Waals surface area contributed by atoms with Gasteiger partial charge in [0, 0.05) is 17.5 Å². The molecule has 5 nitrogen and oxygen atoms in total. The Balaban J connectivity index is 1.56. The Hall–Kier alpha value is -2.54. The first-order chi connectivity index (χ1) is 12.1. The Bertz CT molecular complexity index is 906. The Morgan fingerprint density at radius 1 is 1.24 bits per heavy atom. The molecule has 0 saturated carbocycles. The molecular weight excluding hydrogens is 339 g/mol. The number of benzene rings is 1. The highest BCUT2D eigenvalue weighted by atomic mass is 32.1. The van der Waals surface area contributed by atoms with Crippen molar-refractivity contribution in [1.29, 1.82) is 0 Å².